The molecule has 0 unspecified atom stereocenters. The van der Waals surface area contributed by atoms with E-state index in [4.69, 9.17) is 11.5 Å². The summed E-state index contributed by atoms with van der Waals surface area (Å²) in [4.78, 5) is 22.0. The summed E-state index contributed by atoms with van der Waals surface area (Å²) >= 11 is 0. The van der Waals surface area contributed by atoms with Gasteiger partial charge in [-0.05, 0) is 43.7 Å². The first-order valence-electron chi connectivity index (χ1n) is 10.6. The summed E-state index contributed by atoms with van der Waals surface area (Å²) in [7, 11) is 0. The third-order valence-electron chi connectivity index (χ3n) is 5.22. The van der Waals surface area contributed by atoms with Crippen LogP contribution in [0.5, 0.6) is 0 Å². The molecule has 0 saturated carbocycles. The van der Waals surface area contributed by atoms with E-state index in [1.807, 2.05) is 0 Å². The number of aromatic nitrogens is 5. The van der Waals surface area contributed by atoms with Gasteiger partial charge in [-0.1, -0.05) is 12.1 Å². The number of anilines is 3. The first-order chi connectivity index (χ1) is 16.7. The van der Waals surface area contributed by atoms with Gasteiger partial charge in [0.05, 0.1) is 41.6 Å². The maximum absolute atomic E-state index is 14.9. The maximum atomic E-state index is 14.9. The Morgan fingerprint density at radius 1 is 1.11 bits per heavy atom. The first kappa shape index (κ1) is 23.7. The van der Waals surface area contributed by atoms with Gasteiger partial charge in [0, 0.05) is 6.04 Å². The number of benzene rings is 1. The van der Waals surface area contributed by atoms with E-state index in [0.29, 0.717) is 22.6 Å². The van der Waals surface area contributed by atoms with Crippen molar-refractivity contribution in [2.24, 2.45) is 11.5 Å². The Bertz CT molecular complexity index is 1360. The van der Waals surface area contributed by atoms with Crippen molar-refractivity contribution in [1.29, 1.82) is 0 Å². The van der Waals surface area contributed by atoms with Crippen molar-refractivity contribution in [3.63, 3.8) is 0 Å². The number of hydrogen-bond acceptors (Lipinski definition) is 8. The van der Waals surface area contributed by atoms with Crippen molar-refractivity contribution in [2.75, 3.05) is 10.6 Å². The molecule has 10 nitrogen and oxygen atoms in total. The Kier molecular flexibility index (Phi) is 6.64. The molecule has 0 aliphatic carbocycles. The van der Waals surface area contributed by atoms with Crippen LogP contribution in [0.2, 0.25) is 0 Å². The highest BCUT2D eigenvalue weighted by Gasteiger charge is 2.22. The van der Waals surface area contributed by atoms with Gasteiger partial charge < -0.3 is 22.1 Å². The lowest BCUT2D eigenvalue weighted by Crippen LogP contribution is -2.31. The van der Waals surface area contributed by atoms with Crippen molar-refractivity contribution in [3.05, 3.63) is 83.4 Å². The number of aryl methyl sites for hydroxylation is 1. The quantitative estimate of drug-likeness (QED) is 0.301. The van der Waals surface area contributed by atoms with E-state index in [1.54, 1.807) is 26.0 Å². The molecule has 0 radical (unpaired) electrons. The average molecular weight is 479 g/mol. The third-order valence-corrected chi connectivity index (χ3v) is 5.22. The first-order valence-corrected chi connectivity index (χ1v) is 10.6. The van der Waals surface area contributed by atoms with E-state index >= 15 is 0 Å². The van der Waals surface area contributed by atoms with Gasteiger partial charge in [-0.2, -0.15) is 10.2 Å². The number of halogens is 2. The molecule has 0 aliphatic heterocycles. The van der Waals surface area contributed by atoms with Crippen LogP contribution in [-0.2, 0) is 0 Å². The highest BCUT2D eigenvalue weighted by Crippen LogP contribution is 2.28. The van der Waals surface area contributed by atoms with E-state index in [0.717, 1.165) is 6.07 Å². The molecule has 0 aliphatic rings. The minimum absolute atomic E-state index is 0.00547. The number of carbonyl (C=O) groups is 1. The van der Waals surface area contributed by atoms with Crippen LogP contribution in [0.4, 0.5) is 26.1 Å². The average Bonchev–Trinajstić information content (AvgIpc) is 3.34. The zero-order valence-corrected chi connectivity index (χ0v) is 18.9. The van der Waals surface area contributed by atoms with Crippen LogP contribution < -0.4 is 22.1 Å². The highest BCUT2D eigenvalue weighted by molar-refractivity contribution is 5.98. The summed E-state index contributed by atoms with van der Waals surface area (Å²) in [6.07, 6.45) is 4.57. The fourth-order valence-corrected chi connectivity index (χ4v) is 3.51. The Balaban J connectivity index is 1.71. The molecular weight excluding hydrogens is 456 g/mol. The second-order valence-corrected chi connectivity index (χ2v) is 7.89. The van der Waals surface area contributed by atoms with Crippen LogP contribution in [0.15, 0.2) is 55.0 Å². The molecule has 6 N–H and O–H groups in total. The molecule has 0 spiro atoms. The number of pyridine rings is 2. The molecule has 4 aromatic rings. The number of amides is 1. The van der Waals surface area contributed by atoms with Crippen molar-refractivity contribution >= 4 is 23.2 Å². The van der Waals surface area contributed by atoms with Gasteiger partial charge >= 0.3 is 0 Å². The minimum atomic E-state index is -0.881. The number of nitrogens with two attached hydrogens (primary N) is 2. The number of hydrogen-bond donors (Lipinski definition) is 4. The summed E-state index contributed by atoms with van der Waals surface area (Å²) in [6, 6.07) is 7.27. The van der Waals surface area contributed by atoms with E-state index in [-0.39, 0.29) is 17.2 Å². The molecule has 0 bridgehead atoms. The standard InChI is InChI=1S/C23H23F2N9O/c1-12(26)20(14-4-3-5-15(24)8-14)32-23-18(25)10-17(21(27)35)22(33-23)31-16-9-19(13(2)28-11-16)34-29-6-7-30-34/h3-12,20H,26H2,1-2H3,(H2,27,35)(H2,31,32,33)/t12-,20-/m0/s1. The molecule has 0 saturated heterocycles. The zero-order valence-electron chi connectivity index (χ0n) is 18.9. The fraction of sp³-hybridized carbons (Fsp3) is 0.174. The molecule has 180 valence electrons. The van der Waals surface area contributed by atoms with Crippen LogP contribution in [0.3, 0.4) is 0 Å². The molecular formula is C23H23F2N9O. The van der Waals surface area contributed by atoms with Crippen LogP contribution in [0.1, 0.15) is 34.6 Å². The van der Waals surface area contributed by atoms with E-state index in [2.05, 4.69) is 30.8 Å². The number of rotatable bonds is 8. The molecule has 3 aromatic heterocycles. The molecule has 2 atom stereocenters. The van der Waals surface area contributed by atoms with Crippen LogP contribution in [0, 0.1) is 18.6 Å². The Labute approximate surface area is 199 Å². The summed E-state index contributed by atoms with van der Waals surface area (Å²) in [6.45, 7) is 3.48. The summed E-state index contributed by atoms with van der Waals surface area (Å²) < 4.78 is 28.7. The molecule has 0 fully saturated rings. The van der Waals surface area contributed by atoms with Gasteiger partial charge in [0.25, 0.3) is 5.91 Å². The number of nitrogens with zero attached hydrogens (tertiary/aromatic N) is 5. The fourth-order valence-electron chi connectivity index (χ4n) is 3.51. The minimum Gasteiger partial charge on any atom is -0.365 e. The number of primary amides is 1. The summed E-state index contributed by atoms with van der Waals surface area (Å²) in [5.41, 5.74) is 13.6. The Morgan fingerprint density at radius 3 is 2.51 bits per heavy atom. The van der Waals surface area contributed by atoms with Crippen LogP contribution in [0.25, 0.3) is 5.69 Å². The highest BCUT2D eigenvalue weighted by atomic mass is 19.1. The van der Waals surface area contributed by atoms with Gasteiger partial charge in [-0.25, -0.2) is 13.8 Å². The van der Waals surface area contributed by atoms with Gasteiger partial charge in [-0.15, -0.1) is 4.80 Å². The number of nitrogens with one attached hydrogen (secondary N) is 2. The topological polar surface area (TPSA) is 150 Å². The second kappa shape index (κ2) is 9.81. The maximum Gasteiger partial charge on any atom is 0.252 e. The lowest BCUT2D eigenvalue weighted by molar-refractivity contribution is 0.100. The van der Waals surface area contributed by atoms with Crippen molar-refractivity contribution in [1.82, 2.24) is 25.0 Å². The predicted molar refractivity (Wildman–Crippen MR) is 126 cm³/mol. The Hall–Kier alpha value is -4.45. The van der Waals surface area contributed by atoms with Crippen molar-refractivity contribution in [2.45, 2.75) is 25.9 Å². The van der Waals surface area contributed by atoms with Gasteiger partial charge in [-0.3, -0.25) is 9.78 Å². The van der Waals surface area contributed by atoms with E-state index in [9.17, 15) is 13.6 Å². The van der Waals surface area contributed by atoms with E-state index in [1.165, 1.54) is 41.6 Å². The number of carbonyl (C=O) groups excluding carboxylic acids is 1. The molecule has 12 heteroatoms. The second-order valence-electron chi connectivity index (χ2n) is 7.89. The third kappa shape index (κ3) is 5.22. The molecule has 1 aromatic carbocycles. The van der Waals surface area contributed by atoms with Gasteiger partial charge in [0.1, 0.15) is 17.3 Å². The lowest BCUT2D eigenvalue weighted by atomic mass is 10.0. The normalized spacial score (nSPS) is 12.7. The van der Waals surface area contributed by atoms with Gasteiger partial charge in [0.2, 0.25) is 0 Å². The molecule has 1 amide bonds. The van der Waals surface area contributed by atoms with E-state index < -0.39 is 29.6 Å². The summed E-state index contributed by atoms with van der Waals surface area (Å²) in [5, 5.41) is 14.1. The van der Waals surface area contributed by atoms with Crippen LogP contribution in [-0.4, -0.2) is 36.9 Å². The molecule has 4 rings (SSSR count). The molecule has 35 heavy (non-hydrogen) atoms. The Morgan fingerprint density at radius 2 is 1.86 bits per heavy atom. The monoisotopic (exact) mass is 479 g/mol. The zero-order chi connectivity index (χ0) is 25.1. The lowest BCUT2D eigenvalue weighted by Gasteiger charge is -2.24. The van der Waals surface area contributed by atoms with Crippen molar-refractivity contribution < 1.29 is 13.6 Å². The van der Waals surface area contributed by atoms with Crippen LogP contribution >= 0.6 is 0 Å². The van der Waals surface area contributed by atoms with Gasteiger partial charge in [0.15, 0.2) is 11.6 Å². The smallest absolute Gasteiger partial charge is 0.252 e. The largest absolute Gasteiger partial charge is 0.365 e. The van der Waals surface area contributed by atoms with Crippen molar-refractivity contribution in [3.8, 4) is 5.69 Å². The SMILES string of the molecule is Cc1ncc(Nc2nc(N[C@H](c3cccc(F)c3)[C@H](C)N)c(F)cc2C(N)=O)cc1-n1nccn1. The molecule has 3 heterocycles. The predicted octanol–water partition coefficient (Wildman–Crippen LogP) is 2.99. The summed E-state index contributed by atoms with van der Waals surface area (Å²) in [5.74, 6) is -2.36.